The van der Waals surface area contributed by atoms with E-state index in [1.165, 1.54) is 0 Å². The summed E-state index contributed by atoms with van der Waals surface area (Å²) >= 11 is 0. The number of carbonyl (C=O) groups excluding carboxylic acids is 1. The van der Waals surface area contributed by atoms with E-state index in [9.17, 15) is 9.59 Å². The van der Waals surface area contributed by atoms with Gasteiger partial charge < -0.3 is 15.2 Å². The van der Waals surface area contributed by atoms with Crippen LogP contribution in [-0.2, 0) is 0 Å². The highest BCUT2D eigenvalue weighted by Crippen LogP contribution is 2.24. The Balaban J connectivity index is 0.000000858. The van der Waals surface area contributed by atoms with Crippen LogP contribution < -0.4 is 15.8 Å². The average molecular weight is 423 g/mol. The molecular weight excluding hydrogens is 392 g/mol. The second-order valence-electron chi connectivity index (χ2n) is 7.74. The Hall–Kier alpha value is -3.10. The van der Waals surface area contributed by atoms with E-state index in [0.29, 0.717) is 11.3 Å². The van der Waals surface area contributed by atoms with Crippen molar-refractivity contribution in [1.29, 1.82) is 0 Å². The number of anilines is 1. The summed E-state index contributed by atoms with van der Waals surface area (Å²) in [6.45, 7) is 7.58. The fourth-order valence-corrected chi connectivity index (χ4v) is 3.66. The first-order valence-corrected chi connectivity index (χ1v) is 10.4. The molecule has 164 valence electrons. The van der Waals surface area contributed by atoms with E-state index < -0.39 is 0 Å². The number of nitrogens with one attached hydrogen (secondary N) is 2. The fourth-order valence-electron chi connectivity index (χ4n) is 3.66. The first kappa shape index (κ1) is 22.6. The van der Waals surface area contributed by atoms with Gasteiger partial charge >= 0.3 is 0 Å². The molecule has 1 unspecified atom stereocenters. The van der Waals surface area contributed by atoms with Gasteiger partial charge in [-0.25, -0.2) is 0 Å². The lowest BCUT2D eigenvalue weighted by Crippen LogP contribution is -2.47. The van der Waals surface area contributed by atoms with Gasteiger partial charge in [-0.2, -0.15) is 0 Å². The summed E-state index contributed by atoms with van der Waals surface area (Å²) in [5.41, 5.74) is 4.78. The van der Waals surface area contributed by atoms with Crippen molar-refractivity contribution in [2.45, 2.75) is 19.9 Å². The maximum atomic E-state index is 11.9. The van der Waals surface area contributed by atoms with Crippen LogP contribution in [0.1, 0.15) is 34.6 Å². The number of H-pyrrole nitrogens is 1. The van der Waals surface area contributed by atoms with Crippen molar-refractivity contribution in [3.8, 4) is 0 Å². The highest BCUT2D eigenvalue weighted by atomic mass is 16.1. The van der Waals surface area contributed by atoms with Gasteiger partial charge in [0.1, 0.15) is 5.69 Å². The number of pyridine rings is 3. The number of carbonyl (C=O) groups is 1. The third-order valence-electron chi connectivity index (χ3n) is 5.50. The number of piperazine rings is 1. The topological polar surface area (TPSA) is 94.2 Å². The van der Waals surface area contributed by atoms with Crippen LogP contribution in [0.3, 0.4) is 0 Å². The number of aryl methyl sites for hydroxylation is 1. The lowest BCUT2D eigenvalue weighted by Gasteiger charge is -2.39. The van der Waals surface area contributed by atoms with Crippen LogP contribution in [0.4, 0.5) is 5.69 Å². The molecule has 2 N–H and O–H groups in total. The summed E-state index contributed by atoms with van der Waals surface area (Å²) in [5.74, 6) is 0. The van der Waals surface area contributed by atoms with Crippen LogP contribution >= 0.6 is 0 Å². The van der Waals surface area contributed by atoms with Gasteiger partial charge in [-0.3, -0.25) is 24.5 Å². The molecule has 3 aromatic rings. The summed E-state index contributed by atoms with van der Waals surface area (Å²) < 4.78 is 0. The minimum atomic E-state index is -0.0677. The zero-order valence-corrected chi connectivity index (χ0v) is 18.6. The molecule has 0 amide bonds. The minimum absolute atomic E-state index is 0.0677. The number of hydrogen-bond acceptors (Lipinski definition) is 7. The number of hydrogen-bond donors (Lipinski definition) is 2. The number of rotatable bonds is 4. The normalized spacial score (nSPS) is 15.3. The molecule has 1 fully saturated rings. The van der Waals surface area contributed by atoms with E-state index >= 15 is 0 Å². The van der Waals surface area contributed by atoms with Gasteiger partial charge in [0, 0.05) is 44.0 Å². The van der Waals surface area contributed by atoms with Gasteiger partial charge in [0.15, 0.2) is 6.29 Å². The van der Waals surface area contributed by atoms with Crippen molar-refractivity contribution >= 4 is 23.0 Å². The lowest BCUT2D eigenvalue weighted by atomic mass is 10.1. The van der Waals surface area contributed by atoms with E-state index in [2.05, 4.69) is 37.0 Å². The maximum Gasteiger partial charge on any atom is 0.251 e. The van der Waals surface area contributed by atoms with E-state index in [4.69, 9.17) is 0 Å². The van der Waals surface area contributed by atoms with Crippen molar-refractivity contribution in [2.75, 3.05) is 45.2 Å². The van der Waals surface area contributed by atoms with Crippen molar-refractivity contribution in [2.24, 2.45) is 0 Å². The summed E-state index contributed by atoms with van der Waals surface area (Å²) in [4.78, 5) is 39.0. The molecule has 0 spiro atoms. The number of aldehydes is 1. The van der Waals surface area contributed by atoms with Gasteiger partial charge in [-0.05, 0) is 57.8 Å². The van der Waals surface area contributed by atoms with Gasteiger partial charge in [-0.1, -0.05) is 0 Å². The third-order valence-corrected chi connectivity index (χ3v) is 5.50. The highest BCUT2D eigenvalue weighted by Gasteiger charge is 2.23. The van der Waals surface area contributed by atoms with Crippen LogP contribution in [0, 0.1) is 6.92 Å². The summed E-state index contributed by atoms with van der Waals surface area (Å²) in [6.07, 6.45) is 4.42. The molecule has 4 rings (SSSR count). The second-order valence-corrected chi connectivity index (χ2v) is 7.74. The Morgan fingerprint density at radius 1 is 1.10 bits per heavy atom. The largest absolute Gasteiger partial charge is 0.368 e. The lowest BCUT2D eigenvalue weighted by molar-refractivity contribution is 0.111. The maximum absolute atomic E-state index is 11.9. The van der Waals surface area contributed by atoms with E-state index in [1.54, 1.807) is 19.2 Å². The van der Waals surface area contributed by atoms with Crippen LogP contribution in [0.15, 0.2) is 41.5 Å². The van der Waals surface area contributed by atoms with E-state index in [1.807, 2.05) is 38.5 Å². The molecule has 0 aliphatic carbocycles. The highest BCUT2D eigenvalue weighted by molar-refractivity contribution is 5.75. The van der Waals surface area contributed by atoms with Gasteiger partial charge in [-0.15, -0.1) is 0 Å². The Labute approximate surface area is 182 Å². The molecule has 0 bridgehead atoms. The number of aromatic nitrogens is 3. The number of aromatic amines is 1. The van der Waals surface area contributed by atoms with Gasteiger partial charge in [0.25, 0.3) is 5.56 Å². The molecule has 1 aliphatic rings. The predicted molar refractivity (Wildman–Crippen MR) is 124 cm³/mol. The Bertz CT molecular complexity index is 1070. The van der Waals surface area contributed by atoms with E-state index in [-0.39, 0.29) is 11.6 Å². The minimum Gasteiger partial charge on any atom is -0.368 e. The van der Waals surface area contributed by atoms with Gasteiger partial charge in [0.05, 0.1) is 22.9 Å². The standard InChI is InChI=1S/C21H23N5O2.C2H7N/c1-14-9-19-20(24-21(14)28)10-16(11-23-19)15(2)25-5-7-26(8-6-25)18-4-3-17(13-27)22-12-18;1-3-2/h3-4,9-13,15H,5-8H2,1-2H3,(H,24,28);3H,1-2H3. The molecule has 0 saturated carbocycles. The quantitative estimate of drug-likeness (QED) is 0.622. The number of nitrogens with zero attached hydrogens (tertiary/aromatic N) is 4. The van der Waals surface area contributed by atoms with Crippen LogP contribution in [0.5, 0.6) is 0 Å². The number of fused-ring (bicyclic) bond motifs is 1. The molecule has 0 radical (unpaired) electrons. The van der Waals surface area contributed by atoms with E-state index in [0.717, 1.165) is 54.7 Å². The second kappa shape index (κ2) is 10.3. The first-order valence-electron chi connectivity index (χ1n) is 10.4. The molecule has 1 atom stereocenters. The molecule has 8 heteroatoms. The third kappa shape index (κ3) is 5.34. The molecule has 0 aromatic carbocycles. The molecule has 8 nitrogen and oxygen atoms in total. The Morgan fingerprint density at radius 3 is 2.42 bits per heavy atom. The van der Waals surface area contributed by atoms with Crippen molar-refractivity contribution in [1.82, 2.24) is 25.2 Å². The Kier molecular flexibility index (Phi) is 7.49. The van der Waals surface area contributed by atoms with Crippen LogP contribution in [0.2, 0.25) is 0 Å². The monoisotopic (exact) mass is 422 g/mol. The van der Waals surface area contributed by atoms with Gasteiger partial charge in [0.2, 0.25) is 0 Å². The molecule has 3 aromatic heterocycles. The predicted octanol–water partition coefficient (Wildman–Crippen LogP) is 2.16. The summed E-state index contributed by atoms with van der Waals surface area (Å²) in [7, 11) is 3.75. The van der Waals surface area contributed by atoms with Crippen LogP contribution in [-0.4, -0.2) is 66.4 Å². The molecule has 31 heavy (non-hydrogen) atoms. The van der Waals surface area contributed by atoms with Crippen LogP contribution in [0.25, 0.3) is 11.0 Å². The molecule has 1 saturated heterocycles. The SMILES string of the molecule is CNC.Cc1cc2ncc(C(C)N3CCN(c4ccc(C=O)nc4)CC3)cc2[nH]c1=O. The molecule has 4 heterocycles. The fraction of sp³-hybridized carbons (Fsp3) is 0.391. The zero-order chi connectivity index (χ0) is 22.4. The first-order chi connectivity index (χ1) is 15.0. The Morgan fingerprint density at radius 2 is 1.81 bits per heavy atom. The van der Waals surface area contributed by atoms with Crippen molar-refractivity contribution in [3.63, 3.8) is 0 Å². The summed E-state index contributed by atoms with van der Waals surface area (Å²) in [6, 6.07) is 7.76. The molecule has 1 aliphatic heterocycles. The molecular formula is C23H30N6O2. The summed E-state index contributed by atoms with van der Waals surface area (Å²) in [5, 5.41) is 2.75. The average Bonchev–Trinajstić information content (AvgIpc) is 2.80. The van der Waals surface area contributed by atoms with Crippen molar-refractivity contribution < 1.29 is 4.79 Å². The smallest absolute Gasteiger partial charge is 0.251 e. The van der Waals surface area contributed by atoms with Crippen molar-refractivity contribution in [3.05, 3.63) is 63.8 Å². The zero-order valence-electron chi connectivity index (χ0n) is 18.6.